The molecule has 1 saturated heterocycles. The van der Waals surface area contributed by atoms with E-state index in [4.69, 9.17) is 14.5 Å². The third kappa shape index (κ3) is 6.83. The number of aromatic nitrogens is 2. The molecule has 0 saturated carbocycles. The highest BCUT2D eigenvalue weighted by atomic mass is 16.6. The van der Waals surface area contributed by atoms with Crippen LogP contribution in [0.25, 0.3) is 44.0 Å². The molecule has 238 valence electrons. The highest BCUT2D eigenvalue weighted by Crippen LogP contribution is 2.38. The lowest BCUT2D eigenvalue weighted by molar-refractivity contribution is -0.144. The summed E-state index contributed by atoms with van der Waals surface area (Å²) in [5, 5.41) is 7.17. The van der Waals surface area contributed by atoms with Crippen molar-refractivity contribution in [1.29, 1.82) is 0 Å². The second-order valence-electron chi connectivity index (χ2n) is 11.7. The van der Waals surface area contributed by atoms with Crippen LogP contribution in [0, 0.1) is 0 Å². The Hall–Kier alpha value is -4.92. The number of carbonyl (C=O) groups excluding carboxylic acids is 3. The van der Waals surface area contributed by atoms with Crippen LogP contribution in [-0.4, -0.2) is 46.8 Å². The van der Waals surface area contributed by atoms with Crippen LogP contribution < -0.4 is 10.1 Å². The Morgan fingerprint density at radius 2 is 1.52 bits per heavy atom. The van der Waals surface area contributed by atoms with E-state index in [-0.39, 0.29) is 26.1 Å². The lowest BCUT2D eigenvalue weighted by atomic mass is 10.00. The van der Waals surface area contributed by atoms with Gasteiger partial charge >= 0.3 is 18.0 Å². The summed E-state index contributed by atoms with van der Waals surface area (Å²) >= 11 is 0. The number of ether oxygens (including phenoxy) is 3. The largest absolute Gasteiger partial charge is 0.490 e. The zero-order chi connectivity index (χ0) is 31.9. The Morgan fingerprint density at radius 3 is 2.24 bits per heavy atom. The van der Waals surface area contributed by atoms with Gasteiger partial charge in [-0.05, 0) is 47.9 Å². The number of cyclic esters (lactones) is 2. The monoisotopic (exact) mass is 621 g/mol. The van der Waals surface area contributed by atoms with Crippen molar-refractivity contribution in [2.45, 2.75) is 70.9 Å². The summed E-state index contributed by atoms with van der Waals surface area (Å²) in [5.74, 6) is 0.444. The molecule has 1 aliphatic heterocycles. The van der Waals surface area contributed by atoms with Gasteiger partial charge in [0.1, 0.15) is 30.8 Å². The molecule has 5 aromatic rings. The summed E-state index contributed by atoms with van der Waals surface area (Å²) < 4.78 is 17.9. The van der Waals surface area contributed by atoms with E-state index in [9.17, 15) is 14.4 Å². The van der Waals surface area contributed by atoms with E-state index >= 15 is 0 Å². The van der Waals surface area contributed by atoms with E-state index < -0.39 is 24.1 Å². The molecule has 0 bridgehead atoms. The van der Waals surface area contributed by atoms with Gasteiger partial charge in [0.2, 0.25) is 0 Å². The first-order valence-electron chi connectivity index (χ1n) is 16.2. The van der Waals surface area contributed by atoms with Crippen LogP contribution in [0.15, 0.2) is 72.8 Å². The molecule has 1 atom stereocenters. The number of rotatable bonds is 15. The Balaban J connectivity index is 1.17. The van der Waals surface area contributed by atoms with Crippen molar-refractivity contribution in [1.82, 2.24) is 14.9 Å². The maximum Gasteiger partial charge on any atom is 0.415 e. The van der Waals surface area contributed by atoms with Crippen LogP contribution in [0.4, 0.5) is 4.79 Å². The first-order chi connectivity index (χ1) is 22.5. The molecule has 9 nitrogen and oxygen atoms in total. The smallest absolute Gasteiger partial charge is 0.415 e. The fraction of sp³-hybridized carbons (Fsp3) is 0.351. The number of alkyl carbamates (subject to hydrolysis) is 1. The lowest BCUT2D eigenvalue weighted by Crippen LogP contribution is -2.29. The standard InChI is InChI=1S/C37H39N3O6/c1-2-3-4-5-6-11-22-40-34-30-15-10-8-13-28(30)27-12-7-9-14-29(27)33(34)39-35(40)25-16-18-26(19-17-25)44-23-24-45-32(41)21-20-31-36(42)46-37(43)38-31/h7-10,12-19,31H,2-6,11,20-24H2,1H3,(H,38,43). The van der Waals surface area contributed by atoms with Gasteiger partial charge in [0.05, 0.1) is 11.0 Å². The fourth-order valence-corrected chi connectivity index (χ4v) is 6.18. The maximum atomic E-state index is 12.1. The topological polar surface area (TPSA) is 109 Å². The van der Waals surface area contributed by atoms with E-state index in [0.29, 0.717) is 5.75 Å². The Bertz CT molecular complexity index is 1860. The molecule has 0 spiro atoms. The van der Waals surface area contributed by atoms with Gasteiger partial charge in [-0.3, -0.25) is 4.79 Å². The number of nitrogens with one attached hydrogen (secondary N) is 1. The number of fused-ring (bicyclic) bond motifs is 6. The molecule has 1 unspecified atom stereocenters. The molecule has 46 heavy (non-hydrogen) atoms. The van der Waals surface area contributed by atoms with Crippen LogP contribution in [-0.2, 0) is 25.6 Å². The predicted molar refractivity (Wildman–Crippen MR) is 178 cm³/mol. The summed E-state index contributed by atoms with van der Waals surface area (Å²) in [7, 11) is 0. The number of unbranched alkanes of at least 4 members (excludes halogenated alkanes) is 5. The third-order valence-electron chi connectivity index (χ3n) is 8.49. The van der Waals surface area contributed by atoms with Crippen molar-refractivity contribution in [2.75, 3.05) is 13.2 Å². The second kappa shape index (κ2) is 14.5. The minimum absolute atomic E-state index is 0.0148. The molecule has 1 aromatic heterocycles. The number of hydrogen-bond donors (Lipinski definition) is 1. The number of esters is 2. The second-order valence-corrected chi connectivity index (χ2v) is 11.7. The first kappa shape index (κ1) is 31.1. The highest BCUT2D eigenvalue weighted by Gasteiger charge is 2.32. The summed E-state index contributed by atoms with van der Waals surface area (Å²) in [5.41, 5.74) is 3.20. The molecular weight excluding hydrogens is 582 g/mol. The molecule has 0 aliphatic carbocycles. The van der Waals surface area contributed by atoms with Crippen LogP contribution in [0.5, 0.6) is 5.75 Å². The molecule has 6 rings (SSSR count). The van der Waals surface area contributed by atoms with Crippen molar-refractivity contribution in [3.05, 3.63) is 72.8 Å². The average molecular weight is 622 g/mol. The third-order valence-corrected chi connectivity index (χ3v) is 8.49. The van der Waals surface area contributed by atoms with Crippen LogP contribution in [0.2, 0.25) is 0 Å². The van der Waals surface area contributed by atoms with Crippen molar-refractivity contribution in [3.8, 4) is 17.1 Å². The number of hydrogen-bond acceptors (Lipinski definition) is 7. The predicted octanol–water partition coefficient (Wildman–Crippen LogP) is 7.71. The zero-order valence-corrected chi connectivity index (χ0v) is 26.1. The van der Waals surface area contributed by atoms with Gasteiger partial charge in [0.25, 0.3) is 0 Å². The summed E-state index contributed by atoms with van der Waals surface area (Å²) in [4.78, 5) is 39.9. The van der Waals surface area contributed by atoms with Crippen LogP contribution in [0.3, 0.4) is 0 Å². The molecule has 1 amide bonds. The highest BCUT2D eigenvalue weighted by molar-refractivity contribution is 6.23. The minimum Gasteiger partial charge on any atom is -0.490 e. The first-order valence-corrected chi connectivity index (χ1v) is 16.2. The van der Waals surface area contributed by atoms with Crippen molar-refractivity contribution >= 4 is 50.6 Å². The maximum absolute atomic E-state index is 12.1. The fourth-order valence-electron chi connectivity index (χ4n) is 6.18. The SMILES string of the molecule is CCCCCCCCn1c(-c2ccc(OCCOC(=O)CCC3NC(=O)OC3=O)cc2)nc2c3ccccc3c3ccccc3c21. The van der Waals surface area contributed by atoms with Crippen molar-refractivity contribution < 1.29 is 28.6 Å². The number of carbonyl (C=O) groups is 3. The lowest BCUT2D eigenvalue weighted by Gasteiger charge is -2.13. The normalized spacial score (nSPS) is 14.6. The number of aryl methyl sites for hydroxylation is 1. The Morgan fingerprint density at radius 1 is 0.848 bits per heavy atom. The van der Waals surface area contributed by atoms with Crippen molar-refractivity contribution in [3.63, 3.8) is 0 Å². The summed E-state index contributed by atoms with van der Waals surface area (Å²) in [6.45, 7) is 3.38. The molecule has 1 fully saturated rings. The molecular formula is C37H39N3O6. The molecule has 0 radical (unpaired) electrons. The van der Waals surface area contributed by atoms with Gasteiger partial charge < -0.3 is 24.1 Å². The molecule has 4 aromatic carbocycles. The quantitative estimate of drug-likeness (QED) is 0.0552. The van der Waals surface area contributed by atoms with Crippen LogP contribution >= 0.6 is 0 Å². The molecule has 1 aliphatic rings. The van der Waals surface area contributed by atoms with Gasteiger partial charge in [-0.15, -0.1) is 0 Å². The number of imidazole rings is 1. The van der Waals surface area contributed by atoms with E-state index in [1.807, 2.05) is 24.3 Å². The average Bonchev–Trinajstić information content (AvgIpc) is 3.62. The van der Waals surface area contributed by atoms with Gasteiger partial charge in [0.15, 0.2) is 0 Å². The Labute approximate surface area is 267 Å². The Kier molecular flexibility index (Phi) is 9.76. The van der Waals surface area contributed by atoms with Gasteiger partial charge in [-0.25, -0.2) is 14.6 Å². The van der Waals surface area contributed by atoms with Gasteiger partial charge in [-0.2, -0.15) is 0 Å². The van der Waals surface area contributed by atoms with E-state index in [2.05, 4.69) is 70.1 Å². The van der Waals surface area contributed by atoms with Crippen LogP contribution in [0.1, 0.15) is 58.3 Å². The minimum atomic E-state index is -0.814. The number of benzene rings is 4. The molecule has 9 heteroatoms. The summed E-state index contributed by atoms with van der Waals surface area (Å²) in [6.07, 6.45) is 6.63. The summed E-state index contributed by atoms with van der Waals surface area (Å²) in [6, 6.07) is 24.2. The van der Waals surface area contributed by atoms with E-state index in [0.717, 1.165) is 35.3 Å². The van der Waals surface area contributed by atoms with Gasteiger partial charge in [0, 0.05) is 29.3 Å². The van der Waals surface area contributed by atoms with Gasteiger partial charge in [-0.1, -0.05) is 87.6 Å². The van der Waals surface area contributed by atoms with Crippen molar-refractivity contribution in [2.24, 2.45) is 0 Å². The number of amides is 1. The van der Waals surface area contributed by atoms with E-state index in [1.54, 1.807) is 0 Å². The zero-order valence-electron chi connectivity index (χ0n) is 26.1. The number of nitrogens with zero attached hydrogens (tertiary/aromatic N) is 2. The molecule has 2 heterocycles. The van der Waals surface area contributed by atoms with E-state index in [1.165, 1.54) is 53.8 Å². The molecule has 1 N–H and O–H groups in total.